The molecule has 0 radical (unpaired) electrons. The summed E-state index contributed by atoms with van der Waals surface area (Å²) in [6.07, 6.45) is 2.56. The minimum Gasteiger partial charge on any atom is -0.497 e. The Morgan fingerprint density at radius 1 is 1.00 bits per heavy atom. The van der Waals surface area contributed by atoms with E-state index >= 15 is 0 Å². The van der Waals surface area contributed by atoms with Crippen LogP contribution in [-0.2, 0) is 4.74 Å². The summed E-state index contributed by atoms with van der Waals surface area (Å²) in [5.41, 5.74) is 3.50. The Labute approximate surface area is 163 Å². The van der Waals surface area contributed by atoms with Crippen LogP contribution in [0.15, 0.2) is 73.1 Å². The highest BCUT2D eigenvalue weighted by molar-refractivity contribution is 5.71. The Morgan fingerprint density at radius 2 is 1.79 bits per heavy atom. The third-order valence-electron chi connectivity index (χ3n) is 4.49. The Bertz CT molecular complexity index is 1050. The fraction of sp³-hybridized carbons (Fsp3) is 0.130. The van der Waals surface area contributed by atoms with E-state index in [1.807, 2.05) is 60.7 Å². The molecular weight excluding hydrogens is 352 g/mol. The number of benzene rings is 2. The van der Waals surface area contributed by atoms with Crippen LogP contribution in [0.5, 0.6) is 5.75 Å². The Balaban J connectivity index is 1.64. The van der Waals surface area contributed by atoms with Crippen molar-refractivity contribution < 1.29 is 14.3 Å². The fourth-order valence-electron chi connectivity index (χ4n) is 3.15. The summed E-state index contributed by atoms with van der Waals surface area (Å²) in [7, 11) is 1.61. The minimum absolute atomic E-state index is 0.306. The molecule has 138 valence electrons. The molecule has 1 fully saturated rings. The number of nitrogens with one attached hydrogen (secondary N) is 1. The predicted octanol–water partition coefficient (Wildman–Crippen LogP) is 4.01. The molecule has 2 heterocycles. The van der Waals surface area contributed by atoms with Gasteiger partial charge in [-0.2, -0.15) is 0 Å². The minimum atomic E-state index is -0.441. The van der Waals surface area contributed by atoms with Crippen molar-refractivity contribution in [2.24, 2.45) is 0 Å². The molecule has 5 nitrogen and oxygen atoms in total. The van der Waals surface area contributed by atoms with Crippen molar-refractivity contribution in [2.75, 3.05) is 7.11 Å². The number of cyclic esters (lactones) is 1. The van der Waals surface area contributed by atoms with Crippen molar-refractivity contribution in [1.82, 2.24) is 10.3 Å². The van der Waals surface area contributed by atoms with Crippen LogP contribution in [0.2, 0.25) is 0 Å². The van der Waals surface area contributed by atoms with Gasteiger partial charge in [0.25, 0.3) is 0 Å². The molecule has 3 aromatic rings. The number of ether oxygens (including phenoxy) is 2. The number of carbonyl (C=O) groups excluding carboxylic acids is 1. The van der Waals surface area contributed by atoms with Gasteiger partial charge in [-0.15, -0.1) is 0 Å². The maximum atomic E-state index is 12.0. The molecular formula is C23H18N2O3. The molecule has 1 aliphatic heterocycles. The van der Waals surface area contributed by atoms with E-state index < -0.39 is 12.2 Å². The van der Waals surface area contributed by atoms with Gasteiger partial charge < -0.3 is 14.8 Å². The van der Waals surface area contributed by atoms with Crippen LogP contribution in [-0.4, -0.2) is 18.2 Å². The lowest BCUT2D eigenvalue weighted by Crippen LogP contribution is -2.19. The largest absolute Gasteiger partial charge is 0.497 e. The second-order valence-corrected chi connectivity index (χ2v) is 6.34. The summed E-state index contributed by atoms with van der Waals surface area (Å²) in [5, 5.41) is 2.90. The average molecular weight is 370 g/mol. The van der Waals surface area contributed by atoms with E-state index in [0.29, 0.717) is 0 Å². The zero-order chi connectivity index (χ0) is 19.3. The zero-order valence-electron chi connectivity index (χ0n) is 15.3. The lowest BCUT2D eigenvalue weighted by Gasteiger charge is -2.18. The van der Waals surface area contributed by atoms with Crippen molar-refractivity contribution in [3.63, 3.8) is 0 Å². The number of hydrogen-bond donors (Lipinski definition) is 1. The molecule has 1 amide bonds. The third kappa shape index (κ3) is 3.81. The number of alkyl carbamates (subject to hydrolysis) is 1. The van der Waals surface area contributed by atoms with Crippen molar-refractivity contribution >= 4 is 6.09 Å². The highest BCUT2D eigenvalue weighted by atomic mass is 16.6. The third-order valence-corrected chi connectivity index (χ3v) is 4.49. The first kappa shape index (κ1) is 17.6. The molecule has 0 unspecified atom stereocenters. The molecule has 1 aromatic heterocycles. The zero-order valence-corrected chi connectivity index (χ0v) is 15.3. The van der Waals surface area contributed by atoms with Crippen LogP contribution in [0.3, 0.4) is 0 Å². The summed E-state index contributed by atoms with van der Waals surface area (Å²) in [4.78, 5) is 16.0. The van der Waals surface area contributed by atoms with Crippen LogP contribution < -0.4 is 10.1 Å². The van der Waals surface area contributed by atoms with Gasteiger partial charge in [0.1, 0.15) is 5.75 Å². The van der Waals surface area contributed by atoms with Crippen molar-refractivity contribution in [2.45, 2.75) is 12.1 Å². The van der Waals surface area contributed by atoms with E-state index in [1.165, 1.54) is 0 Å². The van der Waals surface area contributed by atoms with Crippen molar-refractivity contribution in [3.8, 4) is 17.6 Å². The number of amides is 1. The lowest BCUT2D eigenvalue weighted by molar-refractivity contribution is 0.132. The SMILES string of the molecule is COc1cccc([C@H]2OC(=O)N[C@@H]2c2cccc(C#Cc3cccnc3)c2)c1. The first-order valence-electron chi connectivity index (χ1n) is 8.86. The first-order valence-corrected chi connectivity index (χ1v) is 8.86. The molecule has 2 aromatic carbocycles. The summed E-state index contributed by atoms with van der Waals surface area (Å²) in [6, 6.07) is 18.8. The van der Waals surface area contributed by atoms with E-state index in [1.54, 1.807) is 19.5 Å². The normalized spacial score (nSPS) is 17.8. The smallest absolute Gasteiger partial charge is 0.408 e. The number of aromatic nitrogens is 1. The topological polar surface area (TPSA) is 60.5 Å². The monoisotopic (exact) mass is 370 g/mol. The first-order chi connectivity index (χ1) is 13.7. The molecule has 0 saturated carbocycles. The second kappa shape index (κ2) is 7.85. The van der Waals surface area contributed by atoms with Crippen LogP contribution in [0, 0.1) is 11.8 Å². The number of pyridine rings is 1. The summed E-state index contributed by atoms with van der Waals surface area (Å²) < 4.78 is 10.8. The van der Waals surface area contributed by atoms with Gasteiger partial charge in [-0.1, -0.05) is 36.1 Å². The van der Waals surface area contributed by atoms with E-state index in [4.69, 9.17) is 9.47 Å². The maximum absolute atomic E-state index is 12.0. The van der Waals surface area contributed by atoms with E-state index in [2.05, 4.69) is 22.1 Å². The average Bonchev–Trinajstić information content (AvgIpc) is 3.15. The Kier molecular flexibility index (Phi) is 4.94. The Hall–Kier alpha value is -3.78. The van der Waals surface area contributed by atoms with Gasteiger partial charge in [-0.3, -0.25) is 4.98 Å². The molecule has 1 aliphatic rings. The molecule has 2 atom stereocenters. The molecule has 28 heavy (non-hydrogen) atoms. The molecule has 1 N–H and O–H groups in total. The summed E-state index contributed by atoms with van der Waals surface area (Å²) >= 11 is 0. The summed E-state index contributed by atoms with van der Waals surface area (Å²) in [6.45, 7) is 0. The van der Waals surface area contributed by atoms with Crippen molar-refractivity contribution in [3.05, 3.63) is 95.3 Å². The second-order valence-electron chi connectivity index (χ2n) is 6.34. The van der Waals surface area contributed by atoms with Crippen LogP contribution in [0.1, 0.15) is 34.4 Å². The van der Waals surface area contributed by atoms with Gasteiger partial charge in [-0.05, 0) is 47.5 Å². The van der Waals surface area contributed by atoms with Crippen molar-refractivity contribution in [1.29, 1.82) is 0 Å². The van der Waals surface area contributed by atoms with Crippen LogP contribution in [0.4, 0.5) is 4.79 Å². The van der Waals surface area contributed by atoms with Gasteiger partial charge in [0.2, 0.25) is 0 Å². The van der Waals surface area contributed by atoms with Gasteiger partial charge in [0.05, 0.1) is 13.2 Å². The van der Waals surface area contributed by atoms with Gasteiger partial charge >= 0.3 is 6.09 Å². The Morgan fingerprint density at radius 3 is 2.61 bits per heavy atom. The standard InChI is InChI=1S/C23H18N2O3/c1-27-20-9-3-8-19(14-20)22-21(25-23(26)28-22)18-7-2-5-16(13-18)10-11-17-6-4-12-24-15-17/h2-9,12-15,21-22H,1H3,(H,25,26)/t21-,22-/m1/s1. The number of carbonyl (C=O) groups is 1. The molecule has 0 aliphatic carbocycles. The number of nitrogens with zero attached hydrogens (tertiary/aromatic N) is 1. The molecule has 5 heteroatoms. The predicted molar refractivity (Wildman–Crippen MR) is 105 cm³/mol. The van der Waals surface area contributed by atoms with E-state index in [9.17, 15) is 4.79 Å². The van der Waals surface area contributed by atoms with E-state index in [0.717, 1.165) is 28.0 Å². The highest BCUT2D eigenvalue weighted by Gasteiger charge is 2.36. The fourth-order valence-corrected chi connectivity index (χ4v) is 3.15. The van der Waals surface area contributed by atoms with E-state index in [-0.39, 0.29) is 6.04 Å². The molecule has 1 saturated heterocycles. The quantitative estimate of drug-likeness (QED) is 0.708. The summed E-state index contributed by atoms with van der Waals surface area (Å²) in [5.74, 6) is 6.96. The van der Waals surface area contributed by atoms with Gasteiger partial charge in [-0.25, -0.2) is 4.79 Å². The molecule has 0 bridgehead atoms. The van der Waals surface area contributed by atoms with Gasteiger partial charge in [0, 0.05) is 23.5 Å². The number of rotatable bonds is 3. The highest BCUT2D eigenvalue weighted by Crippen LogP contribution is 2.37. The number of hydrogen-bond acceptors (Lipinski definition) is 4. The maximum Gasteiger partial charge on any atom is 0.408 e. The number of methoxy groups -OCH3 is 1. The van der Waals surface area contributed by atoms with Crippen LogP contribution >= 0.6 is 0 Å². The van der Waals surface area contributed by atoms with Crippen LogP contribution in [0.25, 0.3) is 0 Å². The lowest BCUT2D eigenvalue weighted by atomic mass is 9.95. The molecule has 0 spiro atoms. The molecule has 4 rings (SSSR count). The van der Waals surface area contributed by atoms with Gasteiger partial charge in [0.15, 0.2) is 6.10 Å².